The zero-order valence-corrected chi connectivity index (χ0v) is 10.2. The fourth-order valence-corrected chi connectivity index (χ4v) is 1.22. The zero-order chi connectivity index (χ0) is 12.2. The lowest BCUT2D eigenvalue weighted by Gasteiger charge is -2.25. The van der Waals surface area contributed by atoms with Crippen molar-refractivity contribution in [2.45, 2.75) is 32.4 Å². The van der Waals surface area contributed by atoms with E-state index >= 15 is 0 Å². The Morgan fingerprint density at radius 3 is 2.69 bits per heavy atom. The molecule has 0 saturated heterocycles. The van der Waals surface area contributed by atoms with Crippen LogP contribution < -0.4 is 5.32 Å². The van der Waals surface area contributed by atoms with Crippen LogP contribution in [0.25, 0.3) is 0 Å². The van der Waals surface area contributed by atoms with E-state index in [0.717, 1.165) is 5.69 Å². The summed E-state index contributed by atoms with van der Waals surface area (Å²) < 4.78 is 18.0. The third kappa shape index (κ3) is 3.87. The fourth-order valence-electron chi connectivity index (χ4n) is 1.22. The molecule has 1 aromatic heterocycles. The van der Waals surface area contributed by atoms with Crippen molar-refractivity contribution in [2.24, 2.45) is 0 Å². The van der Waals surface area contributed by atoms with Gasteiger partial charge in [0.2, 0.25) is 0 Å². The number of rotatable bonds is 5. The molecule has 1 rings (SSSR count). The van der Waals surface area contributed by atoms with Crippen LogP contribution in [0.3, 0.4) is 0 Å². The number of ether oxygens (including phenoxy) is 1. The predicted molar refractivity (Wildman–Crippen MR) is 61.7 cm³/mol. The number of aromatic nitrogens is 1. The van der Waals surface area contributed by atoms with E-state index in [-0.39, 0.29) is 17.5 Å². The zero-order valence-electron chi connectivity index (χ0n) is 10.2. The van der Waals surface area contributed by atoms with Gasteiger partial charge in [0.15, 0.2) is 0 Å². The van der Waals surface area contributed by atoms with Gasteiger partial charge in [-0.3, -0.25) is 4.98 Å². The molecule has 0 spiro atoms. The van der Waals surface area contributed by atoms with Gasteiger partial charge < -0.3 is 10.1 Å². The molecule has 16 heavy (non-hydrogen) atoms. The van der Waals surface area contributed by atoms with Gasteiger partial charge in [0.05, 0.1) is 17.5 Å². The first-order valence-electron chi connectivity index (χ1n) is 5.34. The summed E-state index contributed by atoms with van der Waals surface area (Å²) in [5, 5.41) is 3.30. The number of nitrogens with zero attached hydrogens (tertiary/aromatic N) is 1. The Kier molecular flexibility index (Phi) is 4.38. The molecule has 1 atom stereocenters. The number of methoxy groups -OCH3 is 1. The van der Waals surface area contributed by atoms with Crippen molar-refractivity contribution >= 4 is 0 Å². The molecule has 1 aromatic rings. The van der Waals surface area contributed by atoms with Crippen LogP contribution in [0.15, 0.2) is 18.3 Å². The number of halogens is 1. The van der Waals surface area contributed by atoms with Crippen LogP contribution in [0.4, 0.5) is 4.39 Å². The molecule has 3 nitrogen and oxygen atoms in total. The number of pyridine rings is 1. The van der Waals surface area contributed by atoms with E-state index in [4.69, 9.17) is 4.74 Å². The van der Waals surface area contributed by atoms with Crippen molar-refractivity contribution in [3.63, 3.8) is 0 Å². The van der Waals surface area contributed by atoms with Crippen molar-refractivity contribution in [3.8, 4) is 0 Å². The number of hydrogen-bond donors (Lipinski definition) is 1. The van der Waals surface area contributed by atoms with Crippen LogP contribution >= 0.6 is 0 Å². The Labute approximate surface area is 96.0 Å². The molecule has 0 bridgehead atoms. The molecule has 1 unspecified atom stereocenters. The molecule has 0 aliphatic rings. The third-order valence-corrected chi connectivity index (χ3v) is 2.58. The standard InChI is InChI=1S/C12H19FN2O/c1-9(15-8-12(2,3)16-4)11-6-5-10(13)7-14-11/h5-7,9,15H,8H2,1-4H3. The summed E-state index contributed by atoms with van der Waals surface area (Å²) in [6.07, 6.45) is 1.23. The molecule has 1 N–H and O–H groups in total. The molecule has 0 saturated carbocycles. The van der Waals surface area contributed by atoms with Gasteiger partial charge >= 0.3 is 0 Å². The molecule has 0 radical (unpaired) electrons. The highest BCUT2D eigenvalue weighted by atomic mass is 19.1. The topological polar surface area (TPSA) is 34.1 Å². The van der Waals surface area contributed by atoms with E-state index in [1.54, 1.807) is 13.2 Å². The summed E-state index contributed by atoms with van der Waals surface area (Å²) in [6, 6.07) is 3.18. The first-order valence-corrected chi connectivity index (χ1v) is 5.34. The van der Waals surface area contributed by atoms with E-state index in [2.05, 4.69) is 10.3 Å². The van der Waals surface area contributed by atoms with Crippen molar-refractivity contribution in [3.05, 3.63) is 29.8 Å². The normalized spacial score (nSPS) is 13.8. The largest absolute Gasteiger partial charge is 0.377 e. The van der Waals surface area contributed by atoms with E-state index in [0.29, 0.717) is 6.54 Å². The Bertz CT molecular complexity index is 324. The molecule has 0 aliphatic carbocycles. The first kappa shape index (κ1) is 13.1. The van der Waals surface area contributed by atoms with Crippen LogP contribution in [0.1, 0.15) is 32.5 Å². The summed E-state index contributed by atoms with van der Waals surface area (Å²) >= 11 is 0. The summed E-state index contributed by atoms with van der Waals surface area (Å²) in [5.74, 6) is -0.312. The van der Waals surface area contributed by atoms with E-state index in [9.17, 15) is 4.39 Å². The van der Waals surface area contributed by atoms with Crippen molar-refractivity contribution < 1.29 is 9.13 Å². The minimum absolute atomic E-state index is 0.0787. The van der Waals surface area contributed by atoms with Crippen LogP contribution in [-0.2, 0) is 4.74 Å². The van der Waals surface area contributed by atoms with Gasteiger partial charge in [-0.05, 0) is 32.9 Å². The Balaban J connectivity index is 2.53. The van der Waals surface area contributed by atoms with Crippen LogP contribution in [0, 0.1) is 5.82 Å². The van der Waals surface area contributed by atoms with Crippen molar-refractivity contribution in [1.29, 1.82) is 0 Å². The van der Waals surface area contributed by atoms with Crippen LogP contribution in [0.5, 0.6) is 0 Å². The number of hydrogen-bond acceptors (Lipinski definition) is 3. The minimum Gasteiger partial charge on any atom is -0.377 e. The highest BCUT2D eigenvalue weighted by Gasteiger charge is 2.17. The Morgan fingerprint density at radius 2 is 2.19 bits per heavy atom. The highest BCUT2D eigenvalue weighted by Crippen LogP contribution is 2.12. The summed E-state index contributed by atoms with van der Waals surface area (Å²) in [7, 11) is 1.68. The Morgan fingerprint density at radius 1 is 1.50 bits per heavy atom. The molecular formula is C12H19FN2O. The fraction of sp³-hybridized carbons (Fsp3) is 0.583. The second-order valence-electron chi connectivity index (χ2n) is 4.47. The smallest absolute Gasteiger partial charge is 0.141 e. The van der Waals surface area contributed by atoms with Crippen LogP contribution in [-0.4, -0.2) is 24.2 Å². The lowest BCUT2D eigenvalue weighted by atomic mass is 10.1. The second-order valence-corrected chi connectivity index (χ2v) is 4.47. The monoisotopic (exact) mass is 226 g/mol. The third-order valence-electron chi connectivity index (χ3n) is 2.58. The molecule has 1 heterocycles. The lowest BCUT2D eigenvalue weighted by molar-refractivity contribution is 0.0213. The van der Waals surface area contributed by atoms with Crippen molar-refractivity contribution in [1.82, 2.24) is 10.3 Å². The summed E-state index contributed by atoms with van der Waals surface area (Å²) in [4.78, 5) is 4.03. The lowest BCUT2D eigenvalue weighted by Crippen LogP contribution is -2.38. The average molecular weight is 226 g/mol. The van der Waals surface area contributed by atoms with Crippen molar-refractivity contribution in [2.75, 3.05) is 13.7 Å². The molecule has 0 aliphatic heterocycles. The van der Waals surface area contributed by atoms with Crippen LogP contribution in [0.2, 0.25) is 0 Å². The molecule has 4 heteroatoms. The SMILES string of the molecule is COC(C)(C)CNC(C)c1ccc(F)cn1. The maximum Gasteiger partial charge on any atom is 0.141 e. The quantitative estimate of drug-likeness (QED) is 0.836. The van der Waals surface area contributed by atoms with Gasteiger partial charge in [0.1, 0.15) is 5.82 Å². The van der Waals surface area contributed by atoms with E-state index in [1.807, 2.05) is 20.8 Å². The van der Waals surface area contributed by atoms with Gasteiger partial charge in [0, 0.05) is 19.7 Å². The van der Waals surface area contributed by atoms with Gasteiger partial charge in [-0.2, -0.15) is 0 Å². The highest BCUT2D eigenvalue weighted by molar-refractivity contribution is 5.09. The molecular weight excluding hydrogens is 207 g/mol. The molecule has 0 fully saturated rings. The summed E-state index contributed by atoms with van der Waals surface area (Å²) in [5.41, 5.74) is 0.613. The van der Waals surface area contributed by atoms with Gasteiger partial charge in [-0.1, -0.05) is 0 Å². The predicted octanol–water partition coefficient (Wildman–Crippen LogP) is 2.30. The minimum atomic E-state index is -0.312. The summed E-state index contributed by atoms with van der Waals surface area (Å²) in [6.45, 7) is 6.71. The van der Waals surface area contributed by atoms with Gasteiger partial charge in [0.25, 0.3) is 0 Å². The van der Waals surface area contributed by atoms with E-state index in [1.165, 1.54) is 12.3 Å². The average Bonchev–Trinajstić information content (AvgIpc) is 2.27. The maximum absolute atomic E-state index is 12.7. The molecule has 0 amide bonds. The van der Waals surface area contributed by atoms with E-state index < -0.39 is 0 Å². The maximum atomic E-state index is 12.7. The van der Waals surface area contributed by atoms with Gasteiger partial charge in [-0.25, -0.2) is 4.39 Å². The second kappa shape index (κ2) is 5.37. The molecule has 90 valence electrons. The molecule has 0 aromatic carbocycles. The Hall–Kier alpha value is -1.00. The van der Waals surface area contributed by atoms with Gasteiger partial charge in [-0.15, -0.1) is 0 Å². The number of nitrogens with one attached hydrogen (secondary N) is 1. The first-order chi connectivity index (χ1) is 7.44.